The van der Waals surface area contributed by atoms with Crippen molar-refractivity contribution in [2.24, 2.45) is 5.73 Å². The Bertz CT molecular complexity index is 439. The van der Waals surface area contributed by atoms with Gasteiger partial charge in [-0.1, -0.05) is 30.0 Å². The molecule has 1 aliphatic rings. The number of aliphatic hydroxyl groups is 1. The molecule has 1 atom stereocenters. The molecule has 1 aliphatic heterocycles. The fourth-order valence-electron chi connectivity index (χ4n) is 1.83. The summed E-state index contributed by atoms with van der Waals surface area (Å²) < 4.78 is 0. The molecule has 89 valence electrons. The molecule has 0 aliphatic carbocycles. The lowest BCUT2D eigenvalue weighted by Crippen LogP contribution is -2.41. The van der Waals surface area contributed by atoms with Crippen molar-refractivity contribution < 1.29 is 5.11 Å². The Morgan fingerprint density at radius 2 is 2.24 bits per heavy atom. The van der Waals surface area contributed by atoms with Crippen molar-refractivity contribution in [2.75, 3.05) is 13.1 Å². The number of piperidine rings is 1. The first kappa shape index (κ1) is 12.1. The molecule has 0 amide bonds. The van der Waals surface area contributed by atoms with Crippen LogP contribution in [0.1, 0.15) is 17.5 Å². The monoisotopic (exact) mass is 229 g/mol. The van der Waals surface area contributed by atoms with Gasteiger partial charge < -0.3 is 16.2 Å². The second-order valence-corrected chi connectivity index (χ2v) is 4.19. The second-order valence-electron chi connectivity index (χ2n) is 4.19. The molecule has 4 N–H and O–H groups in total. The minimum absolute atomic E-state index is 0.467. The zero-order valence-corrected chi connectivity index (χ0v) is 9.74. The third kappa shape index (κ3) is 3.07. The van der Waals surface area contributed by atoms with Crippen LogP contribution in [0.2, 0.25) is 0 Å². The molecule has 1 radical (unpaired) electrons. The van der Waals surface area contributed by atoms with E-state index >= 15 is 0 Å². The molecule has 0 saturated carbocycles. The molecular formula is C14H17N2O. The van der Waals surface area contributed by atoms with Gasteiger partial charge in [-0.05, 0) is 18.2 Å². The summed E-state index contributed by atoms with van der Waals surface area (Å²) in [6, 6.07) is 7.76. The largest absolute Gasteiger partial charge is 0.377 e. The number of nitrogens with two attached hydrogens (primary N) is 1. The molecule has 1 fully saturated rings. The van der Waals surface area contributed by atoms with Crippen LogP contribution >= 0.6 is 0 Å². The topological polar surface area (TPSA) is 58.3 Å². The maximum absolute atomic E-state index is 10.2. The molecule has 1 aromatic carbocycles. The summed E-state index contributed by atoms with van der Waals surface area (Å²) in [7, 11) is 0. The van der Waals surface area contributed by atoms with Crippen molar-refractivity contribution in [3.8, 4) is 11.8 Å². The highest BCUT2D eigenvalue weighted by Crippen LogP contribution is 2.16. The van der Waals surface area contributed by atoms with Gasteiger partial charge in [-0.3, -0.25) is 0 Å². The second kappa shape index (κ2) is 5.33. The van der Waals surface area contributed by atoms with E-state index in [4.69, 9.17) is 5.73 Å². The first-order valence-electron chi connectivity index (χ1n) is 5.82. The fourth-order valence-corrected chi connectivity index (χ4v) is 1.83. The van der Waals surface area contributed by atoms with E-state index in [2.05, 4.69) is 17.2 Å². The van der Waals surface area contributed by atoms with E-state index in [-0.39, 0.29) is 0 Å². The summed E-state index contributed by atoms with van der Waals surface area (Å²) in [6.07, 6.45) is 2.44. The van der Waals surface area contributed by atoms with Crippen LogP contribution in [0, 0.1) is 18.3 Å². The molecule has 0 bridgehead atoms. The van der Waals surface area contributed by atoms with E-state index in [1.165, 1.54) is 0 Å². The first-order valence-corrected chi connectivity index (χ1v) is 5.82. The summed E-state index contributed by atoms with van der Waals surface area (Å²) in [5.41, 5.74) is 6.59. The maximum Gasteiger partial charge on any atom is 0.131 e. The summed E-state index contributed by atoms with van der Waals surface area (Å²) in [5.74, 6) is 5.98. The van der Waals surface area contributed by atoms with E-state index in [1.807, 2.05) is 30.7 Å². The molecule has 2 rings (SSSR count). The van der Waals surface area contributed by atoms with Gasteiger partial charge in [0.1, 0.15) is 5.60 Å². The van der Waals surface area contributed by atoms with Crippen molar-refractivity contribution in [1.29, 1.82) is 0 Å². The van der Waals surface area contributed by atoms with Crippen LogP contribution in [-0.2, 0) is 6.54 Å². The number of hydrogen-bond donors (Lipinski definition) is 3. The number of hydrogen-bond acceptors (Lipinski definition) is 3. The highest BCUT2D eigenvalue weighted by Gasteiger charge is 2.26. The zero-order chi connectivity index (χ0) is 12.1. The molecule has 1 saturated heterocycles. The van der Waals surface area contributed by atoms with Crippen molar-refractivity contribution in [1.82, 2.24) is 5.32 Å². The van der Waals surface area contributed by atoms with Gasteiger partial charge in [0, 0.05) is 31.5 Å². The SMILES string of the molecule is NCc1ccccc1C#CC1(O)[CH]CNCC1. The summed E-state index contributed by atoms with van der Waals surface area (Å²) >= 11 is 0. The van der Waals surface area contributed by atoms with Crippen LogP contribution < -0.4 is 11.1 Å². The minimum atomic E-state index is -0.965. The fraction of sp³-hybridized carbons (Fsp3) is 0.357. The first-order chi connectivity index (χ1) is 8.23. The Balaban J connectivity index is 2.20. The molecule has 1 heterocycles. The van der Waals surface area contributed by atoms with Gasteiger partial charge in [-0.2, -0.15) is 0 Å². The van der Waals surface area contributed by atoms with E-state index in [0.717, 1.165) is 17.7 Å². The van der Waals surface area contributed by atoms with Gasteiger partial charge in [-0.25, -0.2) is 0 Å². The van der Waals surface area contributed by atoms with Gasteiger partial charge in [-0.15, -0.1) is 0 Å². The summed E-state index contributed by atoms with van der Waals surface area (Å²) in [5, 5.41) is 13.4. The van der Waals surface area contributed by atoms with Crippen LogP contribution in [-0.4, -0.2) is 23.8 Å². The quantitative estimate of drug-likeness (QED) is 0.612. The van der Waals surface area contributed by atoms with Crippen LogP contribution in [0.5, 0.6) is 0 Å². The van der Waals surface area contributed by atoms with Crippen molar-refractivity contribution in [2.45, 2.75) is 18.6 Å². The average Bonchev–Trinajstić information content (AvgIpc) is 2.38. The van der Waals surface area contributed by atoms with Crippen LogP contribution in [0.4, 0.5) is 0 Å². The van der Waals surface area contributed by atoms with E-state index in [1.54, 1.807) is 0 Å². The third-order valence-electron chi connectivity index (χ3n) is 2.92. The van der Waals surface area contributed by atoms with Gasteiger partial charge in [0.05, 0.1) is 0 Å². The number of nitrogens with one attached hydrogen (secondary N) is 1. The highest BCUT2D eigenvalue weighted by atomic mass is 16.3. The van der Waals surface area contributed by atoms with Gasteiger partial charge in [0.25, 0.3) is 0 Å². The smallest absolute Gasteiger partial charge is 0.131 e. The average molecular weight is 229 g/mol. The molecule has 17 heavy (non-hydrogen) atoms. The molecule has 0 spiro atoms. The van der Waals surface area contributed by atoms with Crippen molar-refractivity contribution in [3.63, 3.8) is 0 Å². The summed E-state index contributed by atoms with van der Waals surface area (Å²) in [4.78, 5) is 0. The lowest BCUT2D eigenvalue weighted by atomic mass is 9.92. The summed E-state index contributed by atoms with van der Waals surface area (Å²) in [6.45, 7) is 1.96. The Morgan fingerprint density at radius 3 is 2.94 bits per heavy atom. The van der Waals surface area contributed by atoms with Crippen molar-refractivity contribution >= 4 is 0 Å². The van der Waals surface area contributed by atoms with Gasteiger partial charge >= 0.3 is 0 Å². The normalized spacial score (nSPS) is 18.2. The Hall–Kier alpha value is -1.34. The van der Waals surface area contributed by atoms with Crippen LogP contribution in [0.15, 0.2) is 24.3 Å². The predicted molar refractivity (Wildman–Crippen MR) is 67.9 cm³/mol. The minimum Gasteiger partial charge on any atom is -0.377 e. The van der Waals surface area contributed by atoms with Gasteiger partial charge in [0.2, 0.25) is 0 Å². The third-order valence-corrected chi connectivity index (χ3v) is 2.92. The number of rotatable bonds is 1. The Morgan fingerprint density at radius 1 is 1.41 bits per heavy atom. The Labute approximate surface area is 102 Å². The van der Waals surface area contributed by atoms with E-state index < -0.39 is 5.60 Å². The van der Waals surface area contributed by atoms with E-state index in [0.29, 0.717) is 19.5 Å². The van der Waals surface area contributed by atoms with Crippen LogP contribution in [0.3, 0.4) is 0 Å². The van der Waals surface area contributed by atoms with Gasteiger partial charge in [0.15, 0.2) is 0 Å². The maximum atomic E-state index is 10.2. The molecule has 3 nitrogen and oxygen atoms in total. The molecule has 3 heteroatoms. The van der Waals surface area contributed by atoms with Crippen LogP contribution in [0.25, 0.3) is 0 Å². The standard InChI is InChI=1S/C14H17N2O/c15-11-13-4-2-1-3-12(13)5-6-14(17)7-9-16-10-8-14/h1-4,7,16-17H,8-11,15H2. The molecule has 0 aromatic heterocycles. The molecular weight excluding hydrogens is 212 g/mol. The van der Waals surface area contributed by atoms with E-state index in [9.17, 15) is 5.11 Å². The molecule has 1 unspecified atom stereocenters. The lowest BCUT2D eigenvalue weighted by molar-refractivity contribution is 0.111. The highest BCUT2D eigenvalue weighted by molar-refractivity contribution is 5.43. The number of benzene rings is 1. The Kier molecular flexibility index (Phi) is 3.80. The lowest BCUT2D eigenvalue weighted by Gasteiger charge is -2.26. The predicted octanol–water partition coefficient (Wildman–Crippen LogP) is 0.425. The zero-order valence-electron chi connectivity index (χ0n) is 9.74. The molecule has 1 aromatic rings. The van der Waals surface area contributed by atoms with Crippen molar-refractivity contribution in [3.05, 3.63) is 41.8 Å².